The lowest BCUT2D eigenvalue weighted by Gasteiger charge is -2.17. The van der Waals surface area contributed by atoms with Gasteiger partial charge in [-0.05, 0) is 18.2 Å². The summed E-state index contributed by atoms with van der Waals surface area (Å²) in [5.74, 6) is -0.213. The van der Waals surface area contributed by atoms with E-state index in [2.05, 4.69) is 4.74 Å². The summed E-state index contributed by atoms with van der Waals surface area (Å²) in [6, 6.07) is 6.86. The fraction of sp³-hybridized carbons (Fsp3) is 0.417. The van der Waals surface area contributed by atoms with Crippen LogP contribution in [0.4, 0.5) is 20.2 Å². The lowest BCUT2D eigenvalue weighted by Crippen LogP contribution is -2.27. The molecule has 0 saturated heterocycles. The van der Waals surface area contributed by atoms with Crippen molar-refractivity contribution in [1.82, 2.24) is 0 Å². The molecule has 0 saturated carbocycles. The van der Waals surface area contributed by atoms with Crippen molar-refractivity contribution < 1.29 is 18.3 Å². The fourth-order valence-corrected chi connectivity index (χ4v) is 1.38. The van der Waals surface area contributed by atoms with Gasteiger partial charge in [-0.15, -0.1) is 0 Å². The molecule has 1 amide bonds. The summed E-state index contributed by atoms with van der Waals surface area (Å²) in [7, 11) is 1.60. The molecule has 2 N–H and O–H groups in total. The van der Waals surface area contributed by atoms with E-state index in [0.29, 0.717) is 11.4 Å². The Labute approximate surface area is 104 Å². The number of halogens is 2. The molecule has 4 nitrogen and oxygen atoms in total. The molecular weight excluding hydrogens is 242 g/mol. The molecule has 1 rings (SSSR count). The van der Waals surface area contributed by atoms with E-state index in [1.807, 2.05) is 0 Å². The molecule has 0 aromatic heterocycles. The van der Waals surface area contributed by atoms with Crippen LogP contribution in [0.25, 0.3) is 0 Å². The third kappa shape index (κ3) is 4.67. The van der Waals surface area contributed by atoms with E-state index in [9.17, 15) is 13.6 Å². The zero-order valence-corrected chi connectivity index (χ0v) is 10.1. The molecule has 1 aromatic carbocycles. The SMILES string of the molecule is CN(C(=O)CCOCC(F)F)c1cccc(N)c1. The number of anilines is 2. The number of amides is 1. The highest BCUT2D eigenvalue weighted by Crippen LogP contribution is 2.16. The second-order valence-corrected chi connectivity index (χ2v) is 3.76. The number of nitrogen functional groups attached to an aromatic ring is 1. The van der Waals surface area contributed by atoms with E-state index < -0.39 is 13.0 Å². The summed E-state index contributed by atoms with van der Waals surface area (Å²) < 4.78 is 28.2. The lowest BCUT2D eigenvalue weighted by atomic mass is 10.2. The quantitative estimate of drug-likeness (QED) is 0.626. The van der Waals surface area contributed by atoms with Gasteiger partial charge in [-0.1, -0.05) is 6.07 Å². The molecule has 100 valence electrons. The molecule has 0 fully saturated rings. The number of hydrogen-bond donors (Lipinski definition) is 1. The first-order chi connectivity index (χ1) is 8.50. The van der Waals surface area contributed by atoms with Crippen molar-refractivity contribution in [3.63, 3.8) is 0 Å². The van der Waals surface area contributed by atoms with Gasteiger partial charge in [-0.2, -0.15) is 0 Å². The van der Waals surface area contributed by atoms with Gasteiger partial charge >= 0.3 is 0 Å². The zero-order chi connectivity index (χ0) is 13.5. The summed E-state index contributed by atoms with van der Waals surface area (Å²) in [6.45, 7) is -0.662. The number of alkyl halides is 2. The first-order valence-corrected chi connectivity index (χ1v) is 5.48. The van der Waals surface area contributed by atoms with Crippen molar-refractivity contribution >= 4 is 17.3 Å². The molecule has 6 heteroatoms. The highest BCUT2D eigenvalue weighted by atomic mass is 19.3. The Balaban J connectivity index is 2.42. The third-order valence-electron chi connectivity index (χ3n) is 2.34. The molecular formula is C12H16F2N2O2. The highest BCUT2D eigenvalue weighted by Gasteiger charge is 2.11. The number of benzene rings is 1. The minimum Gasteiger partial charge on any atom is -0.399 e. The minimum absolute atomic E-state index is 0.0180. The van der Waals surface area contributed by atoms with Gasteiger partial charge in [0.15, 0.2) is 0 Å². The minimum atomic E-state index is -2.51. The smallest absolute Gasteiger partial charge is 0.261 e. The number of carbonyl (C=O) groups excluding carboxylic acids is 1. The molecule has 0 aliphatic heterocycles. The van der Waals surface area contributed by atoms with Crippen LogP contribution in [-0.2, 0) is 9.53 Å². The number of rotatable bonds is 6. The van der Waals surface area contributed by atoms with Crippen molar-refractivity contribution in [2.24, 2.45) is 0 Å². The second kappa shape index (κ2) is 6.90. The second-order valence-electron chi connectivity index (χ2n) is 3.76. The topological polar surface area (TPSA) is 55.6 Å². The monoisotopic (exact) mass is 258 g/mol. The van der Waals surface area contributed by atoms with E-state index in [4.69, 9.17) is 5.73 Å². The van der Waals surface area contributed by atoms with E-state index in [0.717, 1.165) is 0 Å². The van der Waals surface area contributed by atoms with Crippen LogP contribution in [0, 0.1) is 0 Å². The maximum atomic E-state index is 11.8. The van der Waals surface area contributed by atoms with Crippen molar-refractivity contribution in [2.45, 2.75) is 12.8 Å². The van der Waals surface area contributed by atoms with Crippen LogP contribution in [0.15, 0.2) is 24.3 Å². The molecule has 0 heterocycles. The number of hydrogen-bond acceptors (Lipinski definition) is 3. The summed E-state index contributed by atoms with van der Waals surface area (Å²) >= 11 is 0. The zero-order valence-electron chi connectivity index (χ0n) is 10.1. The van der Waals surface area contributed by atoms with Crippen LogP contribution >= 0.6 is 0 Å². The molecule has 0 spiro atoms. The van der Waals surface area contributed by atoms with Gasteiger partial charge in [0, 0.05) is 18.4 Å². The van der Waals surface area contributed by atoms with Crippen molar-refractivity contribution in [3.8, 4) is 0 Å². The van der Waals surface area contributed by atoms with Gasteiger partial charge in [-0.3, -0.25) is 4.79 Å². The van der Waals surface area contributed by atoms with Crippen molar-refractivity contribution in [3.05, 3.63) is 24.3 Å². The third-order valence-corrected chi connectivity index (χ3v) is 2.34. The predicted octanol–water partition coefficient (Wildman–Crippen LogP) is 1.90. The largest absolute Gasteiger partial charge is 0.399 e. The number of nitrogens with zero attached hydrogens (tertiary/aromatic N) is 1. The van der Waals surface area contributed by atoms with Gasteiger partial charge in [0.2, 0.25) is 5.91 Å². The molecule has 18 heavy (non-hydrogen) atoms. The van der Waals surface area contributed by atoms with Crippen LogP contribution < -0.4 is 10.6 Å². The van der Waals surface area contributed by atoms with Crippen LogP contribution in [0.2, 0.25) is 0 Å². The molecule has 0 aliphatic rings. The molecule has 0 unspecified atom stereocenters. The average molecular weight is 258 g/mol. The number of carbonyl (C=O) groups is 1. The van der Waals surface area contributed by atoms with Crippen LogP contribution in [0.3, 0.4) is 0 Å². The molecule has 0 bridgehead atoms. The molecule has 0 aliphatic carbocycles. The Hall–Kier alpha value is -1.69. The standard InChI is InChI=1S/C12H16F2N2O2/c1-16(10-4-2-3-9(15)7-10)12(17)5-6-18-8-11(13)14/h2-4,7,11H,5-6,8,15H2,1H3. The van der Waals surface area contributed by atoms with Gasteiger partial charge in [0.05, 0.1) is 13.0 Å². The first-order valence-electron chi connectivity index (χ1n) is 5.48. The first kappa shape index (κ1) is 14.4. The summed E-state index contributed by atoms with van der Waals surface area (Å²) in [5.41, 5.74) is 6.82. The number of ether oxygens (including phenoxy) is 1. The van der Waals surface area contributed by atoms with Crippen LogP contribution in [0.1, 0.15) is 6.42 Å². The van der Waals surface area contributed by atoms with Crippen molar-refractivity contribution in [1.29, 1.82) is 0 Å². The van der Waals surface area contributed by atoms with E-state index >= 15 is 0 Å². The Morgan fingerprint density at radius 1 is 1.50 bits per heavy atom. The van der Waals surface area contributed by atoms with Gasteiger partial charge in [0.25, 0.3) is 6.43 Å². The Kier molecular flexibility index (Phi) is 5.51. The van der Waals surface area contributed by atoms with E-state index in [1.165, 1.54) is 4.90 Å². The Morgan fingerprint density at radius 2 is 2.22 bits per heavy atom. The average Bonchev–Trinajstić information content (AvgIpc) is 2.33. The maximum absolute atomic E-state index is 11.8. The summed E-state index contributed by atoms with van der Waals surface area (Å²) in [5, 5.41) is 0. The highest BCUT2D eigenvalue weighted by molar-refractivity contribution is 5.93. The normalized spacial score (nSPS) is 10.7. The van der Waals surface area contributed by atoms with Crippen LogP contribution in [-0.4, -0.2) is 32.6 Å². The van der Waals surface area contributed by atoms with E-state index in [-0.39, 0.29) is 18.9 Å². The fourth-order valence-electron chi connectivity index (χ4n) is 1.38. The van der Waals surface area contributed by atoms with Crippen molar-refractivity contribution in [2.75, 3.05) is 30.9 Å². The number of nitrogens with two attached hydrogens (primary N) is 1. The summed E-state index contributed by atoms with van der Waals surface area (Å²) in [4.78, 5) is 13.1. The molecule has 0 radical (unpaired) electrons. The molecule has 0 atom stereocenters. The van der Waals surface area contributed by atoms with Gasteiger partial charge in [0.1, 0.15) is 6.61 Å². The Morgan fingerprint density at radius 3 is 2.83 bits per heavy atom. The lowest BCUT2D eigenvalue weighted by molar-refractivity contribution is -0.119. The summed E-state index contributed by atoms with van der Waals surface area (Å²) in [6.07, 6.45) is -2.45. The predicted molar refractivity (Wildman–Crippen MR) is 65.7 cm³/mol. The molecule has 1 aromatic rings. The maximum Gasteiger partial charge on any atom is 0.261 e. The van der Waals surface area contributed by atoms with Gasteiger partial charge in [-0.25, -0.2) is 8.78 Å². The van der Waals surface area contributed by atoms with Gasteiger partial charge < -0.3 is 15.4 Å². The van der Waals surface area contributed by atoms with E-state index in [1.54, 1.807) is 31.3 Å². The Bertz CT molecular complexity index is 399. The van der Waals surface area contributed by atoms with Crippen LogP contribution in [0.5, 0.6) is 0 Å².